The molecular weight excluding hydrogens is 346 g/mol. The molecule has 0 radical (unpaired) electrons. The molecule has 2 unspecified atom stereocenters. The van der Waals surface area contributed by atoms with Gasteiger partial charge in [0.2, 0.25) is 0 Å². The summed E-state index contributed by atoms with van der Waals surface area (Å²) in [4.78, 5) is 0. The van der Waals surface area contributed by atoms with E-state index in [0.717, 1.165) is 23.9 Å². The van der Waals surface area contributed by atoms with Gasteiger partial charge in [0.05, 0.1) is 5.60 Å². The first kappa shape index (κ1) is 15.9. The van der Waals surface area contributed by atoms with Gasteiger partial charge in [-0.1, -0.05) is 33.6 Å². The second-order valence-electron chi connectivity index (χ2n) is 6.45. The summed E-state index contributed by atoms with van der Waals surface area (Å²) in [5.74, 6) is 2.99. The second kappa shape index (κ2) is 6.61. The standard InChI is InChI=1S/C17H24BrNOS/c1-12-2-3-15(18)14(10-12)16(19)13-4-7-20-17(11-13)5-8-21-9-6-17/h2-3,10,13,16H,4-9,11,19H2,1H3. The predicted octanol–water partition coefficient (Wildman–Crippen LogP) is 4.45. The fourth-order valence-corrected chi connectivity index (χ4v) is 5.38. The van der Waals surface area contributed by atoms with Crippen molar-refractivity contribution >= 4 is 27.7 Å². The fraction of sp³-hybridized carbons (Fsp3) is 0.647. The Labute approximate surface area is 140 Å². The Balaban J connectivity index is 1.77. The van der Waals surface area contributed by atoms with Crippen molar-refractivity contribution in [1.29, 1.82) is 0 Å². The topological polar surface area (TPSA) is 35.2 Å². The van der Waals surface area contributed by atoms with Gasteiger partial charge >= 0.3 is 0 Å². The normalized spacial score (nSPS) is 26.7. The van der Waals surface area contributed by atoms with E-state index in [9.17, 15) is 0 Å². The van der Waals surface area contributed by atoms with Gasteiger partial charge in [0, 0.05) is 17.1 Å². The molecule has 4 heteroatoms. The average Bonchev–Trinajstić information content (AvgIpc) is 2.50. The summed E-state index contributed by atoms with van der Waals surface area (Å²) in [5.41, 5.74) is 9.28. The van der Waals surface area contributed by atoms with Crippen LogP contribution < -0.4 is 5.73 Å². The molecule has 0 bridgehead atoms. The van der Waals surface area contributed by atoms with Crippen LogP contribution in [0.25, 0.3) is 0 Å². The van der Waals surface area contributed by atoms with E-state index in [0.29, 0.717) is 5.92 Å². The first-order chi connectivity index (χ1) is 10.1. The minimum atomic E-state index is 0.106. The van der Waals surface area contributed by atoms with E-state index in [4.69, 9.17) is 10.5 Å². The molecule has 116 valence electrons. The lowest BCUT2D eigenvalue weighted by Gasteiger charge is -2.45. The van der Waals surface area contributed by atoms with Crippen molar-refractivity contribution in [3.8, 4) is 0 Å². The third-order valence-electron chi connectivity index (χ3n) is 4.95. The maximum absolute atomic E-state index is 6.64. The molecule has 0 aliphatic carbocycles. The molecule has 2 saturated heterocycles. The summed E-state index contributed by atoms with van der Waals surface area (Å²) in [6, 6.07) is 6.59. The van der Waals surface area contributed by atoms with Gasteiger partial charge in [-0.3, -0.25) is 0 Å². The molecule has 3 rings (SSSR count). The first-order valence-corrected chi connectivity index (χ1v) is 9.78. The van der Waals surface area contributed by atoms with Gasteiger partial charge < -0.3 is 10.5 Å². The third kappa shape index (κ3) is 3.49. The van der Waals surface area contributed by atoms with Crippen molar-refractivity contribution in [3.05, 3.63) is 33.8 Å². The first-order valence-electron chi connectivity index (χ1n) is 7.83. The summed E-state index contributed by atoms with van der Waals surface area (Å²) < 4.78 is 7.34. The summed E-state index contributed by atoms with van der Waals surface area (Å²) in [7, 11) is 0. The average molecular weight is 370 g/mol. The summed E-state index contributed by atoms with van der Waals surface area (Å²) >= 11 is 5.72. The molecule has 0 saturated carbocycles. The van der Waals surface area contributed by atoms with E-state index >= 15 is 0 Å². The number of hydrogen-bond donors (Lipinski definition) is 1. The molecule has 2 atom stereocenters. The number of thioether (sulfide) groups is 1. The number of halogens is 1. The molecule has 2 fully saturated rings. The Hall–Kier alpha value is -0.0300. The minimum absolute atomic E-state index is 0.106. The highest BCUT2D eigenvalue weighted by Gasteiger charge is 2.40. The molecule has 2 aliphatic heterocycles. The van der Waals surface area contributed by atoms with Crippen molar-refractivity contribution in [1.82, 2.24) is 0 Å². The second-order valence-corrected chi connectivity index (χ2v) is 8.53. The molecule has 2 aliphatic rings. The van der Waals surface area contributed by atoms with Crippen molar-refractivity contribution in [2.24, 2.45) is 11.7 Å². The Bertz CT molecular complexity index is 496. The molecule has 0 aromatic heterocycles. The molecule has 0 amide bonds. The number of benzene rings is 1. The van der Waals surface area contributed by atoms with E-state index < -0.39 is 0 Å². The minimum Gasteiger partial charge on any atom is -0.375 e. The molecular formula is C17H24BrNOS. The number of hydrogen-bond acceptors (Lipinski definition) is 3. The highest BCUT2D eigenvalue weighted by atomic mass is 79.9. The lowest BCUT2D eigenvalue weighted by molar-refractivity contribution is -0.105. The van der Waals surface area contributed by atoms with Gasteiger partial charge in [0.25, 0.3) is 0 Å². The summed E-state index contributed by atoms with van der Waals surface area (Å²) in [6.07, 6.45) is 4.58. The molecule has 1 aromatic carbocycles. The zero-order chi connectivity index (χ0) is 14.9. The van der Waals surface area contributed by atoms with E-state index in [1.807, 2.05) is 0 Å². The third-order valence-corrected chi connectivity index (χ3v) is 6.66. The fourth-order valence-electron chi connectivity index (χ4n) is 3.64. The lowest BCUT2D eigenvalue weighted by atomic mass is 9.77. The lowest BCUT2D eigenvalue weighted by Crippen LogP contribution is -2.45. The van der Waals surface area contributed by atoms with Crippen LogP contribution >= 0.6 is 27.7 Å². The highest BCUT2D eigenvalue weighted by Crippen LogP contribution is 2.43. The Morgan fingerprint density at radius 3 is 2.90 bits per heavy atom. The maximum Gasteiger partial charge on any atom is 0.0701 e. The zero-order valence-electron chi connectivity index (χ0n) is 12.6. The van der Waals surface area contributed by atoms with Gasteiger partial charge in [0.1, 0.15) is 0 Å². The quantitative estimate of drug-likeness (QED) is 0.835. The SMILES string of the molecule is Cc1ccc(Br)c(C(N)C2CCOC3(CCSCC3)C2)c1. The van der Waals surface area contributed by atoms with Gasteiger partial charge in [-0.25, -0.2) is 0 Å². The van der Waals surface area contributed by atoms with Gasteiger partial charge in [-0.2, -0.15) is 11.8 Å². The van der Waals surface area contributed by atoms with E-state index in [2.05, 4.69) is 52.8 Å². The Morgan fingerprint density at radius 1 is 1.38 bits per heavy atom. The molecule has 2 nitrogen and oxygen atoms in total. The van der Waals surface area contributed by atoms with Gasteiger partial charge in [-0.05, 0) is 61.7 Å². The van der Waals surface area contributed by atoms with Crippen LogP contribution in [0.4, 0.5) is 0 Å². The van der Waals surface area contributed by atoms with Crippen molar-refractivity contribution in [2.45, 2.75) is 44.2 Å². The summed E-state index contributed by atoms with van der Waals surface area (Å²) in [5, 5.41) is 0. The molecule has 1 aromatic rings. The van der Waals surface area contributed by atoms with Crippen LogP contribution in [0.5, 0.6) is 0 Å². The van der Waals surface area contributed by atoms with Crippen molar-refractivity contribution in [3.63, 3.8) is 0 Å². The summed E-state index contributed by atoms with van der Waals surface area (Å²) in [6.45, 7) is 3.00. The predicted molar refractivity (Wildman–Crippen MR) is 93.8 cm³/mol. The van der Waals surface area contributed by atoms with E-state index in [1.54, 1.807) is 0 Å². The number of aryl methyl sites for hydroxylation is 1. The zero-order valence-corrected chi connectivity index (χ0v) is 15.0. The van der Waals surface area contributed by atoms with Crippen molar-refractivity contribution < 1.29 is 4.74 Å². The maximum atomic E-state index is 6.64. The molecule has 2 heterocycles. The number of nitrogens with two attached hydrogens (primary N) is 1. The van der Waals surface area contributed by atoms with Crippen LogP contribution in [0.3, 0.4) is 0 Å². The molecule has 1 spiro atoms. The van der Waals surface area contributed by atoms with Crippen LogP contribution in [0.1, 0.15) is 42.9 Å². The van der Waals surface area contributed by atoms with Gasteiger partial charge in [0.15, 0.2) is 0 Å². The smallest absolute Gasteiger partial charge is 0.0701 e. The van der Waals surface area contributed by atoms with Crippen LogP contribution in [-0.2, 0) is 4.74 Å². The van der Waals surface area contributed by atoms with Crippen LogP contribution in [0.15, 0.2) is 22.7 Å². The van der Waals surface area contributed by atoms with Crippen LogP contribution in [0.2, 0.25) is 0 Å². The number of ether oxygens (including phenoxy) is 1. The number of rotatable bonds is 2. The monoisotopic (exact) mass is 369 g/mol. The Morgan fingerprint density at radius 2 is 2.14 bits per heavy atom. The van der Waals surface area contributed by atoms with Crippen LogP contribution in [0, 0.1) is 12.8 Å². The molecule has 21 heavy (non-hydrogen) atoms. The Kier molecular flexibility index (Phi) is 4.99. The largest absolute Gasteiger partial charge is 0.375 e. The molecule has 2 N–H and O–H groups in total. The van der Waals surface area contributed by atoms with E-state index in [-0.39, 0.29) is 11.6 Å². The highest BCUT2D eigenvalue weighted by molar-refractivity contribution is 9.10. The van der Waals surface area contributed by atoms with Crippen LogP contribution in [-0.4, -0.2) is 23.7 Å². The van der Waals surface area contributed by atoms with Gasteiger partial charge in [-0.15, -0.1) is 0 Å². The van der Waals surface area contributed by atoms with Crippen molar-refractivity contribution in [2.75, 3.05) is 18.1 Å². The van der Waals surface area contributed by atoms with E-state index in [1.165, 1.54) is 35.5 Å².